The summed E-state index contributed by atoms with van der Waals surface area (Å²) in [6.07, 6.45) is 4.11. The van der Waals surface area contributed by atoms with E-state index in [-0.39, 0.29) is 5.91 Å². The molecule has 0 spiro atoms. The van der Waals surface area contributed by atoms with Crippen LogP contribution in [-0.4, -0.2) is 59.3 Å². The van der Waals surface area contributed by atoms with Crippen LogP contribution >= 0.6 is 11.6 Å². The van der Waals surface area contributed by atoms with E-state index in [0.29, 0.717) is 43.2 Å². The summed E-state index contributed by atoms with van der Waals surface area (Å²) in [6, 6.07) is 12.9. The summed E-state index contributed by atoms with van der Waals surface area (Å²) in [7, 11) is 1.33. The molecule has 1 N–H and O–H groups in total. The van der Waals surface area contributed by atoms with Crippen LogP contribution in [0.2, 0.25) is 5.02 Å². The highest BCUT2D eigenvalue weighted by molar-refractivity contribution is 6.35. The maximum Gasteiger partial charge on any atom is 0.354 e. The number of aromatic amines is 1. The average molecular weight is 478 g/mol. The Kier molecular flexibility index (Phi) is 5.87. The number of ether oxygens (including phenoxy) is 1. The van der Waals surface area contributed by atoms with Gasteiger partial charge in [-0.3, -0.25) is 9.59 Å². The van der Waals surface area contributed by atoms with E-state index in [0.717, 1.165) is 39.6 Å². The predicted octanol–water partition coefficient (Wildman–Crippen LogP) is 3.81. The molecule has 1 unspecified atom stereocenters. The first kappa shape index (κ1) is 22.2. The van der Waals surface area contributed by atoms with Gasteiger partial charge in [-0.05, 0) is 46.9 Å². The van der Waals surface area contributed by atoms with Gasteiger partial charge in [0.2, 0.25) is 12.3 Å². The maximum absolute atomic E-state index is 13.5. The first-order chi connectivity index (χ1) is 16.5. The molecular formula is C26H24ClN3O4. The van der Waals surface area contributed by atoms with Gasteiger partial charge in [-0.25, -0.2) is 4.79 Å². The summed E-state index contributed by atoms with van der Waals surface area (Å²) in [5, 5.41) is 1.25. The van der Waals surface area contributed by atoms with Gasteiger partial charge in [0, 0.05) is 37.0 Å². The molecule has 3 heterocycles. The van der Waals surface area contributed by atoms with Gasteiger partial charge in [0.15, 0.2) is 0 Å². The Morgan fingerprint density at radius 2 is 1.94 bits per heavy atom. The number of halogens is 1. The second-order valence-corrected chi connectivity index (χ2v) is 9.05. The highest BCUT2D eigenvalue weighted by atomic mass is 35.5. The minimum Gasteiger partial charge on any atom is -0.464 e. The topological polar surface area (TPSA) is 82.7 Å². The van der Waals surface area contributed by atoms with Gasteiger partial charge in [-0.15, -0.1) is 0 Å². The number of aromatic nitrogens is 1. The molecule has 0 saturated heterocycles. The molecule has 174 valence electrons. The van der Waals surface area contributed by atoms with Crippen molar-refractivity contribution in [3.63, 3.8) is 0 Å². The van der Waals surface area contributed by atoms with Crippen LogP contribution in [0.1, 0.15) is 33.6 Å². The number of benzene rings is 2. The summed E-state index contributed by atoms with van der Waals surface area (Å²) < 4.78 is 4.79. The highest BCUT2D eigenvalue weighted by Crippen LogP contribution is 2.32. The van der Waals surface area contributed by atoms with Crippen LogP contribution in [0.15, 0.2) is 48.5 Å². The van der Waals surface area contributed by atoms with Crippen molar-refractivity contribution in [2.75, 3.05) is 20.2 Å². The number of H-pyrrole nitrogens is 1. The lowest BCUT2D eigenvalue weighted by molar-refractivity contribution is -0.141. The molecule has 2 aromatic carbocycles. The number of esters is 1. The Bertz CT molecular complexity index is 1330. The summed E-state index contributed by atoms with van der Waals surface area (Å²) in [5.74, 6) is -0.511. The zero-order chi connectivity index (χ0) is 23.8. The van der Waals surface area contributed by atoms with E-state index in [1.54, 1.807) is 11.0 Å². The molecule has 2 aliphatic heterocycles. The van der Waals surface area contributed by atoms with Crippen LogP contribution in [0.5, 0.6) is 0 Å². The first-order valence-corrected chi connectivity index (χ1v) is 11.5. The first-order valence-electron chi connectivity index (χ1n) is 11.1. The number of fused-ring (bicyclic) bond motifs is 2. The molecular weight excluding hydrogens is 454 g/mol. The minimum atomic E-state index is -0.510. The second kappa shape index (κ2) is 8.99. The van der Waals surface area contributed by atoms with Crippen LogP contribution in [-0.2, 0) is 27.3 Å². The number of carbonyl (C=O) groups is 3. The SMILES string of the molecule is COC(=O)c1cc2c(Cl)cc(C3=CCCN(C(=O)C4Cc5ccccc5CN4C=O)C3)cc2[nH]1. The quantitative estimate of drug-likeness (QED) is 0.457. The van der Waals surface area contributed by atoms with E-state index in [2.05, 4.69) is 11.1 Å². The zero-order valence-corrected chi connectivity index (χ0v) is 19.5. The third-order valence-corrected chi connectivity index (χ3v) is 6.94. The summed E-state index contributed by atoms with van der Waals surface area (Å²) in [4.78, 5) is 43.7. The molecule has 3 aromatic rings. The summed E-state index contributed by atoms with van der Waals surface area (Å²) in [5.41, 5.74) is 5.11. The van der Waals surface area contributed by atoms with Crippen molar-refractivity contribution in [3.05, 3.63) is 75.9 Å². The molecule has 7 nitrogen and oxygen atoms in total. The Morgan fingerprint density at radius 1 is 1.15 bits per heavy atom. The van der Waals surface area contributed by atoms with Crippen molar-refractivity contribution in [2.24, 2.45) is 0 Å². The van der Waals surface area contributed by atoms with Gasteiger partial charge in [0.1, 0.15) is 11.7 Å². The van der Waals surface area contributed by atoms with Crippen LogP contribution in [0, 0.1) is 0 Å². The normalized spacial score (nSPS) is 17.8. The third-order valence-electron chi connectivity index (χ3n) is 6.63. The summed E-state index contributed by atoms with van der Waals surface area (Å²) in [6.45, 7) is 1.46. The van der Waals surface area contributed by atoms with E-state index < -0.39 is 12.0 Å². The molecule has 8 heteroatoms. The van der Waals surface area contributed by atoms with Crippen molar-refractivity contribution < 1.29 is 19.1 Å². The Hall–Kier alpha value is -3.58. The molecule has 1 atom stereocenters. The Balaban J connectivity index is 1.39. The Morgan fingerprint density at radius 3 is 2.71 bits per heavy atom. The standard InChI is InChI=1S/C26H24ClN3O4/c1-34-26(33)23-12-20-21(27)9-19(10-22(20)28-23)18-7-4-8-29(13-18)25(32)24-11-16-5-2-3-6-17(16)14-30(24)15-31/h2-3,5-7,9-10,12,15,24,28H,4,8,11,13-14H2,1H3. The maximum atomic E-state index is 13.5. The van der Waals surface area contributed by atoms with Crippen molar-refractivity contribution >= 4 is 46.4 Å². The lowest BCUT2D eigenvalue weighted by atomic mass is 9.93. The predicted molar refractivity (Wildman–Crippen MR) is 129 cm³/mol. The summed E-state index contributed by atoms with van der Waals surface area (Å²) >= 11 is 6.52. The number of hydrogen-bond acceptors (Lipinski definition) is 4. The lowest BCUT2D eigenvalue weighted by Crippen LogP contribution is -2.52. The number of methoxy groups -OCH3 is 1. The van der Waals surface area contributed by atoms with Crippen LogP contribution in [0.3, 0.4) is 0 Å². The van der Waals surface area contributed by atoms with Gasteiger partial charge in [-0.2, -0.15) is 0 Å². The van der Waals surface area contributed by atoms with Crippen molar-refractivity contribution in [1.29, 1.82) is 0 Å². The van der Waals surface area contributed by atoms with Crippen molar-refractivity contribution in [2.45, 2.75) is 25.4 Å². The Labute approximate surface area is 201 Å². The van der Waals surface area contributed by atoms with Crippen LogP contribution in [0.25, 0.3) is 16.5 Å². The van der Waals surface area contributed by atoms with Crippen molar-refractivity contribution in [1.82, 2.24) is 14.8 Å². The monoisotopic (exact) mass is 477 g/mol. The van der Waals surface area contributed by atoms with Crippen LogP contribution in [0.4, 0.5) is 0 Å². The van der Waals surface area contributed by atoms with Gasteiger partial charge in [-0.1, -0.05) is 41.9 Å². The molecule has 2 amide bonds. The molecule has 5 rings (SSSR count). The average Bonchev–Trinajstić information content (AvgIpc) is 3.32. The van der Waals surface area contributed by atoms with Gasteiger partial charge >= 0.3 is 5.97 Å². The van der Waals surface area contributed by atoms with E-state index in [1.807, 2.05) is 41.3 Å². The number of rotatable bonds is 4. The van der Waals surface area contributed by atoms with Gasteiger partial charge in [0.25, 0.3) is 0 Å². The fourth-order valence-corrected chi connectivity index (χ4v) is 5.11. The smallest absolute Gasteiger partial charge is 0.354 e. The molecule has 0 fully saturated rings. The fraction of sp³-hybridized carbons (Fsp3) is 0.269. The van der Waals surface area contributed by atoms with Gasteiger partial charge in [0.05, 0.1) is 12.1 Å². The fourth-order valence-electron chi connectivity index (χ4n) is 4.83. The molecule has 0 bridgehead atoms. The largest absolute Gasteiger partial charge is 0.464 e. The van der Waals surface area contributed by atoms with E-state index in [1.165, 1.54) is 7.11 Å². The number of hydrogen-bond donors (Lipinski definition) is 1. The zero-order valence-electron chi connectivity index (χ0n) is 18.7. The number of amides is 2. The van der Waals surface area contributed by atoms with Crippen LogP contribution < -0.4 is 0 Å². The minimum absolute atomic E-state index is 0.0489. The lowest BCUT2D eigenvalue weighted by Gasteiger charge is -2.37. The molecule has 34 heavy (non-hydrogen) atoms. The molecule has 2 aliphatic rings. The molecule has 0 saturated carbocycles. The number of nitrogens with one attached hydrogen (secondary N) is 1. The highest BCUT2D eigenvalue weighted by Gasteiger charge is 2.34. The van der Waals surface area contributed by atoms with Crippen molar-refractivity contribution in [3.8, 4) is 0 Å². The second-order valence-electron chi connectivity index (χ2n) is 8.64. The number of carbonyl (C=O) groups excluding carboxylic acids is 3. The van der Waals surface area contributed by atoms with Gasteiger partial charge < -0.3 is 19.5 Å². The van der Waals surface area contributed by atoms with E-state index >= 15 is 0 Å². The van der Waals surface area contributed by atoms with E-state index in [4.69, 9.17) is 16.3 Å². The molecule has 1 aromatic heterocycles. The molecule has 0 radical (unpaired) electrons. The number of nitrogens with zero attached hydrogens (tertiary/aromatic N) is 2. The molecule has 0 aliphatic carbocycles. The van der Waals surface area contributed by atoms with E-state index in [9.17, 15) is 14.4 Å². The third kappa shape index (κ3) is 3.96.